The van der Waals surface area contributed by atoms with E-state index in [1.165, 1.54) is 18.4 Å². The average Bonchev–Trinajstić information content (AvgIpc) is 2.54. The Hall–Kier alpha value is -2.13. The molecule has 1 heterocycles. The van der Waals surface area contributed by atoms with Gasteiger partial charge in [-0.3, -0.25) is 0 Å². The molecular weight excluding hydrogens is 294 g/mol. The van der Waals surface area contributed by atoms with Crippen LogP contribution in [-0.4, -0.2) is 9.97 Å². The lowest BCUT2D eigenvalue weighted by atomic mass is 10.1. The van der Waals surface area contributed by atoms with Crippen LogP contribution >= 0.6 is 11.6 Å². The molecule has 1 N–H and O–H groups in total. The zero-order valence-corrected chi connectivity index (χ0v) is 13.3. The van der Waals surface area contributed by atoms with Gasteiger partial charge in [-0.15, -0.1) is 0 Å². The monoisotopic (exact) mass is 311 g/mol. The molecule has 0 radical (unpaired) electrons. The van der Waals surface area contributed by atoms with Gasteiger partial charge in [-0.2, -0.15) is 0 Å². The van der Waals surface area contributed by atoms with Gasteiger partial charge in [-0.1, -0.05) is 37.1 Å². The number of nitrogens with zero attached hydrogens (tertiary/aromatic N) is 2. The molecule has 0 atom stereocenters. The van der Waals surface area contributed by atoms with Crippen LogP contribution < -0.4 is 5.32 Å². The van der Waals surface area contributed by atoms with E-state index in [1.54, 1.807) is 6.33 Å². The molecule has 3 nitrogen and oxygen atoms in total. The Labute approximate surface area is 135 Å². The summed E-state index contributed by atoms with van der Waals surface area (Å²) in [7, 11) is 0. The van der Waals surface area contributed by atoms with Crippen molar-refractivity contribution in [3.8, 4) is 0 Å². The van der Waals surface area contributed by atoms with Crippen molar-refractivity contribution in [3.63, 3.8) is 0 Å². The molecule has 1 aromatic heterocycles. The highest BCUT2D eigenvalue weighted by Gasteiger charge is 2.04. The van der Waals surface area contributed by atoms with Crippen LogP contribution in [0, 0.1) is 0 Å². The van der Waals surface area contributed by atoms with E-state index < -0.39 is 0 Å². The number of aromatic nitrogens is 2. The summed E-state index contributed by atoms with van der Waals surface area (Å²) < 4.78 is 0. The minimum absolute atomic E-state index is 0.678. The molecule has 0 aliphatic heterocycles. The van der Waals surface area contributed by atoms with Crippen LogP contribution in [0.5, 0.6) is 0 Å². The van der Waals surface area contributed by atoms with Crippen LogP contribution in [-0.2, 0) is 6.42 Å². The highest BCUT2D eigenvalue weighted by Crippen LogP contribution is 2.25. The molecule has 0 saturated heterocycles. The van der Waals surface area contributed by atoms with Crippen molar-refractivity contribution in [2.75, 3.05) is 5.32 Å². The normalized spacial score (nSPS) is 10.8. The van der Waals surface area contributed by atoms with Gasteiger partial charge in [-0.05, 0) is 48.7 Å². The second-order valence-corrected chi connectivity index (χ2v) is 5.75. The van der Waals surface area contributed by atoms with E-state index in [-0.39, 0.29) is 0 Å². The molecule has 3 aromatic rings. The van der Waals surface area contributed by atoms with Crippen LogP contribution in [0.15, 0.2) is 48.8 Å². The maximum atomic E-state index is 6.01. The Morgan fingerprint density at radius 3 is 2.64 bits per heavy atom. The standard InChI is InChI=1S/C18H18ClN3/c1-2-3-4-13-5-8-15(9-6-13)22-18-16-10-7-14(19)11-17(16)20-12-21-18/h5-12H,2-4H2,1H3,(H,20,21,22). The maximum absolute atomic E-state index is 6.01. The topological polar surface area (TPSA) is 37.8 Å². The lowest BCUT2D eigenvalue weighted by Crippen LogP contribution is -1.96. The Balaban J connectivity index is 1.84. The van der Waals surface area contributed by atoms with Gasteiger partial charge in [0.25, 0.3) is 0 Å². The lowest BCUT2D eigenvalue weighted by molar-refractivity contribution is 0.795. The summed E-state index contributed by atoms with van der Waals surface area (Å²) in [6.45, 7) is 2.21. The summed E-state index contributed by atoms with van der Waals surface area (Å²) in [5.74, 6) is 0.794. The van der Waals surface area contributed by atoms with Crippen molar-refractivity contribution >= 4 is 34.0 Å². The number of hydrogen-bond donors (Lipinski definition) is 1. The molecule has 0 unspecified atom stereocenters. The number of hydrogen-bond acceptors (Lipinski definition) is 3. The van der Waals surface area contributed by atoms with Crippen LogP contribution in [0.2, 0.25) is 5.02 Å². The summed E-state index contributed by atoms with van der Waals surface area (Å²) >= 11 is 6.01. The van der Waals surface area contributed by atoms with E-state index in [9.17, 15) is 0 Å². The molecule has 0 saturated carbocycles. The van der Waals surface area contributed by atoms with Gasteiger partial charge in [0.15, 0.2) is 0 Å². The van der Waals surface area contributed by atoms with Gasteiger partial charge in [0.2, 0.25) is 0 Å². The number of nitrogens with one attached hydrogen (secondary N) is 1. The third-order valence-corrected chi connectivity index (χ3v) is 3.87. The summed E-state index contributed by atoms with van der Waals surface area (Å²) in [4.78, 5) is 8.60. The molecule has 22 heavy (non-hydrogen) atoms. The molecular formula is C18H18ClN3. The molecule has 4 heteroatoms. The summed E-state index contributed by atoms with van der Waals surface area (Å²) in [5.41, 5.74) is 3.23. The number of halogens is 1. The van der Waals surface area contributed by atoms with Crippen molar-refractivity contribution in [2.24, 2.45) is 0 Å². The average molecular weight is 312 g/mol. The summed E-state index contributed by atoms with van der Waals surface area (Å²) in [5, 5.41) is 4.99. The summed E-state index contributed by atoms with van der Waals surface area (Å²) in [6.07, 6.45) is 5.13. The molecule has 112 valence electrons. The predicted molar refractivity (Wildman–Crippen MR) is 92.9 cm³/mol. The quantitative estimate of drug-likeness (QED) is 0.688. The molecule has 3 rings (SSSR count). The van der Waals surface area contributed by atoms with E-state index in [2.05, 4.69) is 46.5 Å². The first-order chi connectivity index (χ1) is 10.8. The third kappa shape index (κ3) is 3.37. The number of aryl methyl sites for hydroxylation is 1. The van der Waals surface area contributed by atoms with E-state index in [0.717, 1.165) is 28.8 Å². The van der Waals surface area contributed by atoms with Gasteiger partial charge in [0.05, 0.1) is 5.52 Å². The molecule has 2 aromatic carbocycles. The first-order valence-corrected chi connectivity index (χ1v) is 7.90. The summed E-state index contributed by atoms with van der Waals surface area (Å²) in [6, 6.07) is 14.2. The minimum atomic E-state index is 0.678. The van der Waals surface area contributed by atoms with Crippen LogP contribution in [0.1, 0.15) is 25.3 Å². The van der Waals surface area contributed by atoms with Crippen molar-refractivity contribution in [3.05, 3.63) is 59.4 Å². The molecule has 0 fully saturated rings. The minimum Gasteiger partial charge on any atom is -0.340 e. The van der Waals surface area contributed by atoms with Gasteiger partial charge < -0.3 is 5.32 Å². The molecule has 0 amide bonds. The van der Waals surface area contributed by atoms with Crippen LogP contribution in [0.4, 0.5) is 11.5 Å². The van der Waals surface area contributed by atoms with Gasteiger partial charge in [-0.25, -0.2) is 9.97 Å². The highest BCUT2D eigenvalue weighted by atomic mass is 35.5. The fourth-order valence-corrected chi connectivity index (χ4v) is 2.57. The van der Waals surface area contributed by atoms with Gasteiger partial charge >= 0.3 is 0 Å². The van der Waals surface area contributed by atoms with Crippen molar-refractivity contribution in [2.45, 2.75) is 26.2 Å². The van der Waals surface area contributed by atoms with Crippen LogP contribution in [0.25, 0.3) is 10.9 Å². The maximum Gasteiger partial charge on any atom is 0.141 e. The van der Waals surface area contributed by atoms with Crippen molar-refractivity contribution in [1.29, 1.82) is 0 Å². The van der Waals surface area contributed by atoms with Crippen molar-refractivity contribution < 1.29 is 0 Å². The number of anilines is 2. The molecule has 0 bridgehead atoms. The Bertz CT molecular complexity index is 769. The molecule has 0 spiro atoms. The zero-order chi connectivity index (χ0) is 15.4. The number of benzene rings is 2. The molecule has 0 aliphatic rings. The van der Waals surface area contributed by atoms with Crippen molar-refractivity contribution in [1.82, 2.24) is 9.97 Å². The second kappa shape index (κ2) is 6.75. The Kier molecular flexibility index (Phi) is 4.54. The zero-order valence-electron chi connectivity index (χ0n) is 12.5. The number of unbranched alkanes of at least 4 members (excludes halogenated alkanes) is 1. The number of fused-ring (bicyclic) bond motifs is 1. The Morgan fingerprint density at radius 2 is 1.86 bits per heavy atom. The van der Waals surface area contributed by atoms with Gasteiger partial charge in [0.1, 0.15) is 12.1 Å². The van der Waals surface area contributed by atoms with E-state index in [4.69, 9.17) is 11.6 Å². The predicted octanol–water partition coefficient (Wildman–Crippen LogP) is 5.37. The largest absolute Gasteiger partial charge is 0.340 e. The first kappa shape index (κ1) is 14.8. The van der Waals surface area contributed by atoms with E-state index in [1.807, 2.05) is 18.2 Å². The fraction of sp³-hybridized carbons (Fsp3) is 0.222. The Morgan fingerprint density at radius 1 is 1.05 bits per heavy atom. The second-order valence-electron chi connectivity index (χ2n) is 5.31. The van der Waals surface area contributed by atoms with E-state index >= 15 is 0 Å². The highest BCUT2D eigenvalue weighted by molar-refractivity contribution is 6.31. The molecule has 0 aliphatic carbocycles. The van der Waals surface area contributed by atoms with Gasteiger partial charge in [0, 0.05) is 16.1 Å². The third-order valence-electron chi connectivity index (χ3n) is 3.63. The first-order valence-electron chi connectivity index (χ1n) is 7.52. The lowest BCUT2D eigenvalue weighted by Gasteiger charge is -2.09. The SMILES string of the molecule is CCCCc1ccc(Nc2ncnc3cc(Cl)ccc23)cc1. The number of rotatable bonds is 5. The van der Waals surface area contributed by atoms with E-state index in [0.29, 0.717) is 5.02 Å². The smallest absolute Gasteiger partial charge is 0.141 e. The van der Waals surface area contributed by atoms with Crippen LogP contribution in [0.3, 0.4) is 0 Å². The fourth-order valence-electron chi connectivity index (χ4n) is 2.40.